The first-order valence-electron chi connectivity index (χ1n) is 8.97. The van der Waals surface area contributed by atoms with Crippen molar-refractivity contribution in [3.8, 4) is 0 Å². The molecule has 0 N–H and O–H groups in total. The van der Waals surface area contributed by atoms with E-state index in [2.05, 4.69) is 39.8 Å². The van der Waals surface area contributed by atoms with Crippen molar-refractivity contribution in [3.63, 3.8) is 0 Å². The van der Waals surface area contributed by atoms with E-state index in [4.69, 9.17) is 0 Å². The van der Waals surface area contributed by atoms with Gasteiger partial charge in [-0.05, 0) is 75.0 Å². The quantitative estimate of drug-likeness (QED) is 0.551. The smallest absolute Gasteiger partial charge is 0.0167 e. The van der Waals surface area contributed by atoms with Crippen LogP contribution < -0.4 is 0 Å². The maximum atomic E-state index is 2.56. The van der Waals surface area contributed by atoms with Gasteiger partial charge in [0.25, 0.3) is 0 Å². The number of allylic oxidation sites excluding steroid dienone is 4. The van der Waals surface area contributed by atoms with Gasteiger partial charge >= 0.3 is 0 Å². The fourth-order valence-electron chi connectivity index (χ4n) is 5.65. The van der Waals surface area contributed by atoms with Crippen LogP contribution in [0.3, 0.4) is 0 Å². The number of unbranched alkanes of at least 4 members (excludes halogenated alkanes) is 1. The molecule has 0 amide bonds. The molecule has 6 unspecified atom stereocenters. The highest BCUT2D eigenvalue weighted by atomic mass is 14.6. The van der Waals surface area contributed by atoms with E-state index in [-0.39, 0.29) is 0 Å². The van der Waals surface area contributed by atoms with E-state index >= 15 is 0 Å². The van der Waals surface area contributed by atoms with Crippen molar-refractivity contribution < 1.29 is 0 Å². The Bertz CT molecular complexity index is 410. The minimum atomic E-state index is 0.830. The third-order valence-corrected chi connectivity index (χ3v) is 6.35. The minimum absolute atomic E-state index is 0.830. The molecule has 0 heterocycles. The van der Waals surface area contributed by atoms with Crippen LogP contribution >= 0.6 is 0 Å². The molecule has 3 rings (SSSR count). The van der Waals surface area contributed by atoms with Crippen molar-refractivity contribution in [2.75, 3.05) is 0 Å². The highest BCUT2D eigenvalue weighted by Gasteiger charge is 2.51. The van der Waals surface area contributed by atoms with Crippen molar-refractivity contribution >= 4 is 0 Å². The Morgan fingerprint density at radius 3 is 2.45 bits per heavy atom. The van der Waals surface area contributed by atoms with Gasteiger partial charge < -0.3 is 0 Å². The topological polar surface area (TPSA) is 0 Å². The lowest BCUT2D eigenvalue weighted by Crippen LogP contribution is -2.27. The van der Waals surface area contributed by atoms with Crippen LogP contribution in [0.5, 0.6) is 0 Å². The minimum Gasteiger partial charge on any atom is -0.0854 e. The molecule has 6 atom stereocenters. The van der Waals surface area contributed by atoms with Crippen LogP contribution in [0.4, 0.5) is 0 Å². The van der Waals surface area contributed by atoms with Crippen LogP contribution in [-0.4, -0.2) is 0 Å². The van der Waals surface area contributed by atoms with Crippen molar-refractivity contribution in [3.05, 3.63) is 23.3 Å². The monoisotopic (exact) mass is 272 g/mol. The molecule has 0 saturated heterocycles. The molecule has 0 nitrogen and oxygen atoms in total. The molecular formula is C20H32. The largest absolute Gasteiger partial charge is 0.0854 e. The summed E-state index contributed by atoms with van der Waals surface area (Å²) < 4.78 is 0. The van der Waals surface area contributed by atoms with Crippen LogP contribution in [0.1, 0.15) is 66.2 Å². The first-order valence-corrected chi connectivity index (χ1v) is 8.97. The second-order valence-corrected chi connectivity index (χ2v) is 7.96. The summed E-state index contributed by atoms with van der Waals surface area (Å²) in [6.45, 7) is 9.46. The van der Waals surface area contributed by atoms with Gasteiger partial charge in [0, 0.05) is 0 Å². The van der Waals surface area contributed by atoms with Crippen LogP contribution in [0, 0.1) is 35.5 Å². The molecule has 2 fully saturated rings. The molecule has 2 saturated carbocycles. The lowest BCUT2D eigenvalue weighted by atomic mass is 9.69. The average molecular weight is 272 g/mol. The van der Waals surface area contributed by atoms with Crippen LogP contribution in [-0.2, 0) is 0 Å². The maximum Gasteiger partial charge on any atom is -0.0167 e. The first kappa shape index (κ1) is 14.4. The summed E-state index contributed by atoms with van der Waals surface area (Å²) in [5.74, 6) is 5.63. The van der Waals surface area contributed by atoms with E-state index in [9.17, 15) is 0 Å². The lowest BCUT2D eigenvalue weighted by molar-refractivity contribution is 0.211. The Morgan fingerprint density at radius 1 is 1.10 bits per heavy atom. The number of hydrogen-bond acceptors (Lipinski definition) is 0. The van der Waals surface area contributed by atoms with Gasteiger partial charge in [-0.25, -0.2) is 0 Å². The highest BCUT2D eigenvalue weighted by molar-refractivity contribution is 5.27. The SMILES string of the molecule is CCCCC1C(=C(C)C)C2CC(C3C=CC(C)C3)C1C2. The number of hydrogen-bond donors (Lipinski definition) is 0. The van der Waals surface area contributed by atoms with Crippen molar-refractivity contribution in [2.24, 2.45) is 35.5 Å². The Morgan fingerprint density at radius 2 is 1.85 bits per heavy atom. The van der Waals surface area contributed by atoms with Crippen molar-refractivity contribution in [1.29, 1.82) is 0 Å². The first-order chi connectivity index (χ1) is 9.61. The molecule has 0 aliphatic heterocycles. The Balaban J connectivity index is 1.77. The van der Waals surface area contributed by atoms with E-state index in [1.54, 1.807) is 5.57 Å². The predicted molar refractivity (Wildman–Crippen MR) is 87.5 cm³/mol. The van der Waals surface area contributed by atoms with Gasteiger partial charge in [0.05, 0.1) is 0 Å². The van der Waals surface area contributed by atoms with Gasteiger partial charge in [-0.1, -0.05) is 50.0 Å². The van der Waals surface area contributed by atoms with E-state index in [0.29, 0.717) is 0 Å². The molecule has 20 heavy (non-hydrogen) atoms. The molecule has 0 spiro atoms. The van der Waals surface area contributed by atoms with Crippen molar-refractivity contribution in [2.45, 2.75) is 66.2 Å². The second-order valence-electron chi connectivity index (χ2n) is 7.96. The Kier molecular flexibility index (Phi) is 4.11. The Hall–Kier alpha value is -0.520. The third-order valence-electron chi connectivity index (χ3n) is 6.35. The summed E-state index contributed by atoms with van der Waals surface area (Å²) in [6, 6.07) is 0. The Labute approximate surface area is 125 Å². The molecule has 112 valence electrons. The molecular weight excluding hydrogens is 240 g/mol. The van der Waals surface area contributed by atoms with Gasteiger partial charge in [0.15, 0.2) is 0 Å². The fourth-order valence-corrected chi connectivity index (χ4v) is 5.65. The molecule has 0 aromatic rings. The van der Waals surface area contributed by atoms with E-state index in [0.717, 1.165) is 35.5 Å². The molecule has 3 aliphatic carbocycles. The van der Waals surface area contributed by atoms with Gasteiger partial charge in [-0.2, -0.15) is 0 Å². The molecule has 0 heteroatoms. The zero-order valence-corrected chi connectivity index (χ0v) is 13.9. The molecule has 0 aromatic heterocycles. The fraction of sp³-hybridized carbons (Fsp3) is 0.800. The summed E-state index contributed by atoms with van der Waals surface area (Å²) in [5, 5.41) is 0. The van der Waals surface area contributed by atoms with Crippen LogP contribution in [0.15, 0.2) is 23.3 Å². The molecule has 2 bridgehead atoms. The summed E-state index contributed by atoms with van der Waals surface area (Å²) in [4.78, 5) is 0. The van der Waals surface area contributed by atoms with Gasteiger partial charge in [-0.15, -0.1) is 0 Å². The standard InChI is InChI=1S/C20H32/c1-5-6-7-17-19-12-16(20(17)13(2)3)11-18(19)15-9-8-14(4)10-15/h8-9,14-19H,5-7,10-12H2,1-4H3. The molecule has 0 aromatic carbocycles. The maximum absolute atomic E-state index is 2.56. The summed E-state index contributed by atoms with van der Waals surface area (Å²) in [5.41, 5.74) is 3.53. The van der Waals surface area contributed by atoms with Gasteiger partial charge in [0.2, 0.25) is 0 Å². The van der Waals surface area contributed by atoms with E-state index in [1.165, 1.54) is 38.5 Å². The third kappa shape index (κ3) is 2.40. The molecule has 0 radical (unpaired) electrons. The number of rotatable bonds is 4. The summed E-state index contributed by atoms with van der Waals surface area (Å²) >= 11 is 0. The second kappa shape index (κ2) is 5.70. The normalized spacial score (nSPS) is 42.7. The lowest BCUT2D eigenvalue weighted by Gasteiger charge is -2.36. The zero-order chi connectivity index (χ0) is 14.3. The van der Waals surface area contributed by atoms with Crippen LogP contribution in [0.2, 0.25) is 0 Å². The molecule has 3 aliphatic rings. The summed E-state index contributed by atoms with van der Waals surface area (Å²) in [6.07, 6.45) is 13.7. The predicted octanol–water partition coefficient (Wildman–Crippen LogP) is 6.00. The van der Waals surface area contributed by atoms with Crippen molar-refractivity contribution in [1.82, 2.24) is 0 Å². The van der Waals surface area contributed by atoms with E-state index < -0.39 is 0 Å². The van der Waals surface area contributed by atoms with E-state index in [1.807, 2.05) is 5.57 Å². The van der Waals surface area contributed by atoms with Gasteiger partial charge in [0.1, 0.15) is 0 Å². The number of fused-ring (bicyclic) bond motifs is 2. The average Bonchev–Trinajstić information content (AvgIpc) is 3.08. The summed E-state index contributed by atoms with van der Waals surface area (Å²) in [7, 11) is 0. The zero-order valence-electron chi connectivity index (χ0n) is 13.9. The highest BCUT2D eigenvalue weighted by Crippen LogP contribution is 2.60. The van der Waals surface area contributed by atoms with Gasteiger partial charge in [-0.3, -0.25) is 0 Å². The van der Waals surface area contributed by atoms with Crippen LogP contribution in [0.25, 0.3) is 0 Å².